The van der Waals surface area contributed by atoms with Gasteiger partial charge >= 0.3 is 0 Å². The van der Waals surface area contributed by atoms with Crippen LogP contribution in [0.25, 0.3) is 5.69 Å². The summed E-state index contributed by atoms with van der Waals surface area (Å²) in [5.41, 5.74) is 2.08. The maximum absolute atomic E-state index is 3.95. The van der Waals surface area contributed by atoms with Gasteiger partial charge in [0.15, 0.2) is 5.82 Å². The standard InChI is InChI=1S/C12H17N5/c1-3-4-8-13-11-6-5-7-12(9-11)17-10(2)14-15-16-17/h5-7,9,13H,3-4,8H2,1-2H3. The van der Waals surface area contributed by atoms with Crippen LogP contribution in [0, 0.1) is 6.92 Å². The maximum atomic E-state index is 3.95. The molecule has 1 heterocycles. The first kappa shape index (κ1) is 11.6. The highest BCUT2D eigenvalue weighted by Crippen LogP contribution is 2.14. The minimum Gasteiger partial charge on any atom is -0.385 e. The van der Waals surface area contributed by atoms with Crippen molar-refractivity contribution in [1.29, 1.82) is 0 Å². The highest BCUT2D eigenvalue weighted by atomic mass is 15.5. The van der Waals surface area contributed by atoms with Crippen molar-refractivity contribution in [2.75, 3.05) is 11.9 Å². The Morgan fingerprint density at radius 1 is 1.35 bits per heavy atom. The molecule has 0 unspecified atom stereocenters. The van der Waals surface area contributed by atoms with Crippen LogP contribution in [-0.4, -0.2) is 26.8 Å². The minimum atomic E-state index is 0.788. The molecular weight excluding hydrogens is 214 g/mol. The smallest absolute Gasteiger partial charge is 0.153 e. The van der Waals surface area contributed by atoms with Crippen LogP contribution in [0.4, 0.5) is 5.69 Å². The Balaban J connectivity index is 2.14. The summed E-state index contributed by atoms with van der Waals surface area (Å²) >= 11 is 0. The number of hydrogen-bond acceptors (Lipinski definition) is 4. The van der Waals surface area contributed by atoms with Crippen LogP contribution in [-0.2, 0) is 0 Å². The molecule has 0 fully saturated rings. The van der Waals surface area contributed by atoms with Crippen molar-refractivity contribution in [3.8, 4) is 5.69 Å². The average Bonchev–Trinajstić information content (AvgIpc) is 2.76. The molecule has 0 saturated heterocycles. The van der Waals surface area contributed by atoms with Crippen LogP contribution in [0.5, 0.6) is 0 Å². The number of nitrogens with one attached hydrogen (secondary N) is 1. The molecule has 0 spiro atoms. The first-order valence-corrected chi connectivity index (χ1v) is 5.90. The van der Waals surface area contributed by atoms with Crippen molar-refractivity contribution in [2.45, 2.75) is 26.7 Å². The van der Waals surface area contributed by atoms with Crippen LogP contribution in [0.3, 0.4) is 0 Å². The van der Waals surface area contributed by atoms with E-state index in [4.69, 9.17) is 0 Å². The van der Waals surface area contributed by atoms with E-state index in [0.29, 0.717) is 0 Å². The Hall–Kier alpha value is -1.91. The summed E-state index contributed by atoms with van der Waals surface area (Å²) in [5.74, 6) is 0.788. The Labute approximate surface area is 101 Å². The van der Waals surface area contributed by atoms with Gasteiger partial charge in [-0.05, 0) is 42.0 Å². The lowest BCUT2D eigenvalue weighted by molar-refractivity contribution is 0.779. The average molecular weight is 231 g/mol. The van der Waals surface area contributed by atoms with Crippen LogP contribution in [0.15, 0.2) is 24.3 Å². The zero-order valence-electron chi connectivity index (χ0n) is 10.2. The van der Waals surface area contributed by atoms with Crippen molar-refractivity contribution in [3.05, 3.63) is 30.1 Å². The van der Waals surface area contributed by atoms with Gasteiger partial charge in [-0.2, -0.15) is 4.68 Å². The number of rotatable bonds is 5. The molecule has 0 amide bonds. The number of tetrazole rings is 1. The molecule has 17 heavy (non-hydrogen) atoms. The second kappa shape index (κ2) is 5.43. The van der Waals surface area contributed by atoms with E-state index < -0.39 is 0 Å². The minimum absolute atomic E-state index is 0.788. The third-order valence-corrected chi connectivity index (χ3v) is 2.58. The molecule has 0 radical (unpaired) electrons. The quantitative estimate of drug-likeness (QED) is 0.801. The molecule has 2 rings (SSSR count). The van der Waals surface area contributed by atoms with Gasteiger partial charge in [-0.25, -0.2) is 0 Å². The third kappa shape index (κ3) is 2.81. The summed E-state index contributed by atoms with van der Waals surface area (Å²) in [4.78, 5) is 0. The first-order valence-electron chi connectivity index (χ1n) is 5.90. The monoisotopic (exact) mass is 231 g/mol. The molecular formula is C12H17N5. The summed E-state index contributed by atoms with van der Waals surface area (Å²) in [6.45, 7) is 5.06. The van der Waals surface area contributed by atoms with Gasteiger partial charge in [-0.3, -0.25) is 0 Å². The first-order chi connectivity index (χ1) is 8.31. The number of aromatic nitrogens is 4. The molecule has 1 aromatic heterocycles. The van der Waals surface area contributed by atoms with Crippen molar-refractivity contribution in [1.82, 2.24) is 20.2 Å². The van der Waals surface area contributed by atoms with Crippen LogP contribution < -0.4 is 5.32 Å². The predicted molar refractivity (Wildman–Crippen MR) is 67.3 cm³/mol. The Kier molecular flexibility index (Phi) is 3.69. The molecule has 1 aromatic carbocycles. The molecule has 0 atom stereocenters. The maximum Gasteiger partial charge on any atom is 0.153 e. The lowest BCUT2D eigenvalue weighted by Crippen LogP contribution is -2.03. The van der Waals surface area contributed by atoms with Crippen molar-refractivity contribution in [2.24, 2.45) is 0 Å². The van der Waals surface area contributed by atoms with E-state index in [1.54, 1.807) is 4.68 Å². The van der Waals surface area contributed by atoms with E-state index in [1.807, 2.05) is 19.1 Å². The fourth-order valence-electron chi connectivity index (χ4n) is 1.63. The molecule has 0 aliphatic rings. The van der Waals surface area contributed by atoms with E-state index in [0.717, 1.165) is 23.7 Å². The van der Waals surface area contributed by atoms with Gasteiger partial charge in [-0.1, -0.05) is 19.4 Å². The van der Waals surface area contributed by atoms with Gasteiger partial charge in [0.05, 0.1) is 5.69 Å². The molecule has 0 aliphatic heterocycles. The van der Waals surface area contributed by atoms with Crippen molar-refractivity contribution >= 4 is 5.69 Å². The topological polar surface area (TPSA) is 55.6 Å². The van der Waals surface area contributed by atoms with E-state index >= 15 is 0 Å². The van der Waals surface area contributed by atoms with Crippen molar-refractivity contribution < 1.29 is 0 Å². The van der Waals surface area contributed by atoms with Crippen molar-refractivity contribution in [3.63, 3.8) is 0 Å². The molecule has 5 heteroatoms. The fourth-order valence-corrected chi connectivity index (χ4v) is 1.63. The normalized spacial score (nSPS) is 10.5. The largest absolute Gasteiger partial charge is 0.385 e. The summed E-state index contributed by atoms with van der Waals surface area (Å²) in [5, 5.41) is 14.9. The Bertz CT molecular complexity index is 477. The second-order valence-electron chi connectivity index (χ2n) is 3.97. The SMILES string of the molecule is CCCCNc1cccc(-n2nnnc2C)c1. The number of benzene rings is 1. The molecule has 5 nitrogen and oxygen atoms in total. The highest BCUT2D eigenvalue weighted by Gasteiger charge is 2.03. The Morgan fingerprint density at radius 3 is 2.94 bits per heavy atom. The van der Waals surface area contributed by atoms with Gasteiger partial charge in [0.1, 0.15) is 0 Å². The van der Waals surface area contributed by atoms with E-state index in [-0.39, 0.29) is 0 Å². The number of aryl methyl sites for hydroxylation is 1. The lowest BCUT2D eigenvalue weighted by atomic mass is 10.2. The number of hydrogen-bond donors (Lipinski definition) is 1. The number of nitrogens with zero attached hydrogens (tertiary/aromatic N) is 4. The van der Waals surface area contributed by atoms with E-state index in [9.17, 15) is 0 Å². The van der Waals surface area contributed by atoms with Gasteiger partial charge in [0.2, 0.25) is 0 Å². The van der Waals surface area contributed by atoms with E-state index in [2.05, 4.69) is 39.9 Å². The highest BCUT2D eigenvalue weighted by molar-refractivity contribution is 5.50. The molecule has 2 aromatic rings. The molecule has 1 N–H and O–H groups in total. The molecule has 0 bridgehead atoms. The molecule has 0 aliphatic carbocycles. The zero-order chi connectivity index (χ0) is 12.1. The second-order valence-corrected chi connectivity index (χ2v) is 3.97. The molecule has 0 saturated carbocycles. The van der Waals surface area contributed by atoms with Gasteiger partial charge in [-0.15, -0.1) is 5.10 Å². The number of anilines is 1. The fraction of sp³-hybridized carbons (Fsp3) is 0.417. The number of unbranched alkanes of at least 4 members (excludes halogenated alkanes) is 1. The predicted octanol–water partition coefficient (Wildman–Crippen LogP) is 2.18. The summed E-state index contributed by atoms with van der Waals surface area (Å²) in [6, 6.07) is 8.11. The Morgan fingerprint density at radius 2 is 2.24 bits per heavy atom. The van der Waals surface area contributed by atoms with Gasteiger partial charge < -0.3 is 5.32 Å². The lowest BCUT2D eigenvalue weighted by Gasteiger charge is -2.07. The van der Waals surface area contributed by atoms with Crippen LogP contribution in [0.1, 0.15) is 25.6 Å². The van der Waals surface area contributed by atoms with E-state index in [1.165, 1.54) is 12.8 Å². The summed E-state index contributed by atoms with van der Waals surface area (Å²) < 4.78 is 1.73. The van der Waals surface area contributed by atoms with Crippen LogP contribution in [0.2, 0.25) is 0 Å². The zero-order valence-corrected chi connectivity index (χ0v) is 10.2. The molecule has 90 valence electrons. The summed E-state index contributed by atoms with van der Waals surface area (Å²) in [7, 11) is 0. The third-order valence-electron chi connectivity index (χ3n) is 2.58. The summed E-state index contributed by atoms with van der Waals surface area (Å²) in [6.07, 6.45) is 2.37. The van der Waals surface area contributed by atoms with Crippen LogP contribution >= 0.6 is 0 Å². The van der Waals surface area contributed by atoms with Gasteiger partial charge in [0, 0.05) is 12.2 Å². The van der Waals surface area contributed by atoms with Gasteiger partial charge in [0.25, 0.3) is 0 Å².